The highest BCUT2D eigenvalue weighted by atomic mass is 16.6. The number of carbonyl (C=O) groups excluding carboxylic acids is 1. The van der Waals surface area contributed by atoms with Crippen molar-refractivity contribution < 1.29 is 23.8 Å². The Kier molecular flexibility index (Phi) is 4.81. The first kappa shape index (κ1) is 16.1. The number of aromatic carboxylic acids is 1. The van der Waals surface area contributed by atoms with Gasteiger partial charge in [-0.05, 0) is 38.8 Å². The van der Waals surface area contributed by atoms with E-state index in [2.05, 4.69) is 5.32 Å². The molecule has 6 heteroatoms. The average molecular weight is 283 g/mol. The maximum Gasteiger partial charge on any atom is 0.408 e. The van der Waals surface area contributed by atoms with Gasteiger partial charge in [-0.2, -0.15) is 0 Å². The van der Waals surface area contributed by atoms with E-state index in [1.54, 1.807) is 26.8 Å². The van der Waals surface area contributed by atoms with E-state index in [1.165, 1.54) is 6.07 Å². The number of hydrogen-bond acceptors (Lipinski definition) is 4. The molecule has 20 heavy (non-hydrogen) atoms. The third-order valence-electron chi connectivity index (χ3n) is 2.48. The zero-order chi connectivity index (χ0) is 15.5. The Morgan fingerprint density at radius 1 is 1.30 bits per heavy atom. The summed E-state index contributed by atoms with van der Waals surface area (Å²) in [5, 5.41) is 11.5. The highest BCUT2D eigenvalue weighted by Gasteiger charge is 2.25. The highest BCUT2D eigenvalue weighted by molar-refractivity contribution is 5.84. The molecule has 0 spiro atoms. The van der Waals surface area contributed by atoms with Crippen LogP contribution in [0.15, 0.2) is 16.5 Å². The molecule has 0 saturated carbocycles. The van der Waals surface area contributed by atoms with E-state index < -0.39 is 23.7 Å². The van der Waals surface area contributed by atoms with Gasteiger partial charge in [-0.15, -0.1) is 0 Å². The summed E-state index contributed by atoms with van der Waals surface area (Å²) in [5.41, 5.74) is -0.596. The van der Waals surface area contributed by atoms with Crippen molar-refractivity contribution in [3.8, 4) is 0 Å². The minimum absolute atomic E-state index is 0.0234. The van der Waals surface area contributed by atoms with E-state index in [-0.39, 0.29) is 11.7 Å². The number of amides is 1. The van der Waals surface area contributed by atoms with Crippen LogP contribution in [0.3, 0.4) is 0 Å². The zero-order valence-electron chi connectivity index (χ0n) is 12.4. The summed E-state index contributed by atoms with van der Waals surface area (Å²) in [5.74, 6) is -0.883. The number of alkyl carbamates (subject to hydrolysis) is 1. The first-order valence-corrected chi connectivity index (χ1v) is 6.42. The van der Waals surface area contributed by atoms with Crippen LogP contribution >= 0.6 is 0 Å². The number of carboxylic acids is 1. The lowest BCUT2D eigenvalue weighted by atomic mass is 10.0. The maximum absolute atomic E-state index is 11.8. The van der Waals surface area contributed by atoms with Crippen LogP contribution in [0.5, 0.6) is 0 Å². The summed E-state index contributed by atoms with van der Waals surface area (Å²) in [4.78, 5) is 22.6. The number of ether oxygens (including phenoxy) is 1. The molecule has 0 bridgehead atoms. The molecule has 1 heterocycles. The van der Waals surface area contributed by atoms with Crippen molar-refractivity contribution in [3.05, 3.63) is 23.7 Å². The second kappa shape index (κ2) is 5.98. The third-order valence-corrected chi connectivity index (χ3v) is 2.48. The third kappa shape index (κ3) is 4.60. The summed E-state index contributed by atoms with van der Waals surface area (Å²) >= 11 is 0. The Balaban J connectivity index is 2.84. The van der Waals surface area contributed by atoms with Crippen LogP contribution in [0.1, 0.15) is 57.0 Å². The fourth-order valence-electron chi connectivity index (χ4n) is 1.64. The number of furan rings is 1. The molecule has 1 aromatic heterocycles. The van der Waals surface area contributed by atoms with Crippen LogP contribution in [0.25, 0.3) is 0 Å². The van der Waals surface area contributed by atoms with Crippen molar-refractivity contribution in [2.75, 3.05) is 0 Å². The molecular weight excluding hydrogens is 262 g/mol. The van der Waals surface area contributed by atoms with Gasteiger partial charge in [-0.1, -0.05) is 13.8 Å². The summed E-state index contributed by atoms with van der Waals surface area (Å²) in [6, 6.07) is 2.47. The van der Waals surface area contributed by atoms with E-state index in [0.29, 0.717) is 5.76 Å². The predicted octanol–water partition coefficient (Wildman–Crippen LogP) is 3.20. The Hall–Kier alpha value is -1.98. The van der Waals surface area contributed by atoms with Crippen molar-refractivity contribution >= 4 is 12.1 Å². The first-order chi connectivity index (χ1) is 9.10. The van der Waals surface area contributed by atoms with Gasteiger partial charge >= 0.3 is 12.1 Å². The van der Waals surface area contributed by atoms with Gasteiger partial charge in [-0.25, -0.2) is 9.59 Å². The molecular formula is C14H21NO5. The van der Waals surface area contributed by atoms with Crippen molar-refractivity contribution in [1.29, 1.82) is 0 Å². The van der Waals surface area contributed by atoms with E-state index in [4.69, 9.17) is 14.3 Å². The molecule has 1 aromatic rings. The summed E-state index contributed by atoms with van der Waals surface area (Å²) in [6.07, 6.45) is -0.565. The quantitative estimate of drug-likeness (QED) is 0.885. The van der Waals surface area contributed by atoms with E-state index >= 15 is 0 Å². The fraction of sp³-hybridized carbons (Fsp3) is 0.571. The lowest BCUT2D eigenvalue weighted by Gasteiger charge is -2.24. The molecule has 1 atom stereocenters. The summed E-state index contributed by atoms with van der Waals surface area (Å²) in [6.45, 7) is 9.10. The number of nitrogens with one attached hydrogen (secondary N) is 1. The van der Waals surface area contributed by atoms with Gasteiger partial charge in [0.25, 0.3) is 0 Å². The average Bonchev–Trinajstić information content (AvgIpc) is 2.71. The van der Waals surface area contributed by atoms with Crippen LogP contribution in [-0.2, 0) is 4.74 Å². The Morgan fingerprint density at radius 2 is 1.90 bits per heavy atom. The summed E-state index contributed by atoms with van der Waals surface area (Å²) in [7, 11) is 0. The topological polar surface area (TPSA) is 88.8 Å². The Morgan fingerprint density at radius 3 is 2.30 bits per heavy atom. The number of hydrogen-bond donors (Lipinski definition) is 2. The summed E-state index contributed by atoms with van der Waals surface area (Å²) < 4.78 is 10.4. The fourth-order valence-corrected chi connectivity index (χ4v) is 1.64. The Labute approximate surface area is 118 Å². The van der Waals surface area contributed by atoms with E-state index in [1.807, 2.05) is 13.8 Å². The zero-order valence-corrected chi connectivity index (χ0v) is 12.4. The monoisotopic (exact) mass is 283 g/mol. The molecule has 0 aliphatic heterocycles. The predicted molar refractivity (Wildman–Crippen MR) is 72.6 cm³/mol. The van der Waals surface area contributed by atoms with Crippen molar-refractivity contribution in [1.82, 2.24) is 5.32 Å². The van der Waals surface area contributed by atoms with Gasteiger partial charge in [0.15, 0.2) is 0 Å². The smallest absolute Gasteiger partial charge is 0.408 e. The van der Waals surface area contributed by atoms with Crippen molar-refractivity contribution in [2.24, 2.45) is 5.92 Å². The lowest BCUT2D eigenvalue weighted by Crippen LogP contribution is -2.36. The molecule has 2 N–H and O–H groups in total. The minimum Gasteiger partial charge on any atom is -0.475 e. The number of carbonyl (C=O) groups is 2. The SMILES string of the molecule is CC(C)[C@H](NC(=O)OC(C)(C)C)c1ccc(C(=O)O)o1. The number of rotatable bonds is 4. The molecule has 0 saturated heterocycles. The van der Waals surface area contributed by atoms with Gasteiger partial charge in [0, 0.05) is 0 Å². The molecule has 0 aliphatic rings. The van der Waals surface area contributed by atoms with E-state index in [9.17, 15) is 9.59 Å². The Bertz CT molecular complexity index is 484. The maximum atomic E-state index is 11.8. The van der Waals surface area contributed by atoms with Gasteiger partial charge in [0.05, 0.1) is 6.04 Å². The van der Waals surface area contributed by atoms with Crippen LogP contribution in [0.2, 0.25) is 0 Å². The van der Waals surface area contributed by atoms with Crippen molar-refractivity contribution in [2.45, 2.75) is 46.3 Å². The van der Waals surface area contributed by atoms with Gasteiger partial charge in [0.1, 0.15) is 11.4 Å². The lowest BCUT2D eigenvalue weighted by molar-refractivity contribution is 0.0481. The molecule has 1 rings (SSSR count). The molecule has 0 unspecified atom stereocenters. The second-order valence-corrected chi connectivity index (χ2v) is 5.88. The molecule has 112 valence electrons. The van der Waals surface area contributed by atoms with Gasteiger partial charge < -0.3 is 19.6 Å². The molecule has 0 aliphatic carbocycles. The van der Waals surface area contributed by atoms with E-state index in [0.717, 1.165) is 0 Å². The molecule has 0 radical (unpaired) electrons. The first-order valence-electron chi connectivity index (χ1n) is 6.42. The molecule has 1 amide bonds. The molecule has 0 aromatic carbocycles. The molecule has 6 nitrogen and oxygen atoms in total. The second-order valence-electron chi connectivity index (χ2n) is 5.88. The minimum atomic E-state index is -1.14. The highest BCUT2D eigenvalue weighted by Crippen LogP contribution is 2.24. The van der Waals surface area contributed by atoms with Gasteiger partial charge in [0.2, 0.25) is 5.76 Å². The number of carboxylic acid groups (broad SMARTS) is 1. The normalized spacial score (nSPS) is 13.1. The van der Waals surface area contributed by atoms with Crippen LogP contribution in [0, 0.1) is 5.92 Å². The standard InChI is InChI=1S/C14H21NO5/c1-8(2)11(15-13(18)20-14(3,4)5)9-6-7-10(19-9)12(16)17/h6-8,11H,1-5H3,(H,15,18)(H,16,17)/t11-/m0/s1. The van der Waals surface area contributed by atoms with Crippen LogP contribution in [-0.4, -0.2) is 22.8 Å². The van der Waals surface area contributed by atoms with Crippen LogP contribution in [0.4, 0.5) is 4.79 Å². The van der Waals surface area contributed by atoms with Crippen molar-refractivity contribution in [3.63, 3.8) is 0 Å². The van der Waals surface area contributed by atoms with Crippen LogP contribution < -0.4 is 5.32 Å². The molecule has 0 fully saturated rings. The van der Waals surface area contributed by atoms with Gasteiger partial charge in [-0.3, -0.25) is 0 Å². The largest absolute Gasteiger partial charge is 0.475 e.